The SMILES string of the molecule is CN1CCCC[C@@H]1C(=O)NC[C@H](c1cccs1)N1CCCC1. The number of likely N-dealkylation sites (N-methyl/N-ethyl adjacent to an activating group) is 1. The molecule has 22 heavy (non-hydrogen) atoms. The number of nitrogens with zero attached hydrogens (tertiary/aromatic N) is 2. The molecule has 1 amide bonds. The highest BCUT2D eigenvalue weighted by molar-refractivity contribution is 7.10. The van der Waals surface area contributed by atoms with E-state index in [4.69, 9.17) is 0 Å². The van der Waals surface area contributed by atoms with Crippen LogP contribution in [0.5, 0.6) is 0 Å². The molecule has 0 spiro atoms. The van der Waals surface area contributed by atoms with Crippen LogP contribution in [-0.4, -0.2) is 55.0 Å². The van der Waals surface area contributed by atoms with Crippen LogP contribution < -0.4 is 5.32 Å². The van der Waals surface area contributed by atoms with Gasteiger partial charge in [0.15, 0.2) is 0 Å². The molecule has 0 aliphatic carbocycles. The van der Waals surface area contributed by atoms with Gasteiger partial charge in [-0.25, -0.2) is 0 Å². The van der Waals surface area contributed by atoms with E-state index in [1.807, 2.05) is 0 Å². The minimum Gasteiger partial charge on any atom is -0.353 e. The number of hydrogen-bond acceptors (Lipinski definition) is 4. The lowest BCUT2D eigenvalue weighted by molar-refractivity contribution is -0.127. The summed E-state index contributed by atoms with van der Waals surface area (Å²) in [5.41, 5.74) is 0. The molecule has 3 rings (SSSR count). The monoisotopic (exact) mass is 321 g/mol. The molecule has 122 valence electrons. The van der Waals surface area contributed by atoms with Crippen molar-refractivity contribution in [1.29, 1.82) is 0 Å². The summed E-state index contributed by atoms with van der Waals surface area (Å²) in [4.78, 5) is 18.6. The van der Waals surface area contributed by atoms with Crippen LogP contribution in [0.25, 0.3) is 0 Å². The van der Waals surface area contributed by atoms with Crippen LogP contribution in [-0.2, 0) is 4.79 Å². The summed E-state index contributed by atoms with van der Waals surface area (Å²) in [6.07, 6.45) is 5.94. The molecule has 0 saturated carbocycles. The van der Waals surface area contributed by atoms with Crippen LogP contribution in [0.2, 0.25) is 0 Å². The first kappa shape index (κ1) is 16.0. The molecule has 0 radical (unpaired) electrons. The normalized spacial score (nSPS) is 25.2. The van der Waals surface area contributed by atoms with Gasteiger partial charge in [-0.1, -0.05) is 12.5 Å². The average molecular weight is 321 g/mol. The number of rotatable bonds is 5. The van der Waals surface area contributed by atoms with Crippen molar-refractivity contribution in [3.63, 3.8) is 0 Å². The fourth-order valence-electron chi connectivity index (χ4n) is 3.67. The van der Waals surface area contributed by atoms with Crippen molar-refractivity contribution in [2.45, 2.75) is 44.2 Å². The summed E-state index contributed by atoms with van der Waals surface area (Å²) >= 11 is 1.80. The molecule has 5 heteroatoms. The number of carbonyl (C=O) groups excluding carboxylic acids is 1. The number of piperidine rings is 1. The Hall–Kier alpha value is -0.910. The highest BCUT2D eigenvalue weighted by Crippen LogP contribution is 2.28. The summed E-state index contributed by atoms with van der Waals surface area (Å²) in [5, 5.41) is 5.37. The van der Waals surface area contributed by atoms with Crippen LogP contribution in [0, 0.1) is 0 Å². The number of nitrogens with one attached hydrogen (secondary N) is 1. The molecule has 2 fully saturated rings. The quantitative estimate of drug-likeness (QED) is 0.905. The van der Waals surface area contributed by atoms with Gasteiger partial charge in [0, 0.05) is 11.4 Å². The molecule has 1 aromatic rings. The van der Waals surface area contributed by atoms with E-state index in [1.165, 1.54) is 30.6 Å². The Morgan fingerprint density at radius 3 is 2.77 bits per heavy atom. The molecule has 2 atom stereocenters. The highest BCUT2D eigenvalue weighted by Gasteiger charge is 2.28. The second-order valence-electron chi connectivity index (χ2n) is 6.51. The second kappa shape index (κ2) is 7.57. The Labute approximate surface area is 137 Å². The van der Waals surface area contributed by atoms with Crippen LogP contribution in [0.1, 0.15) is 43.0 Å². The fourth-order valence-corrected chi connectivity index (χ4v) is 4.53. The molecular formula is C17H27N3OS. The van der Waals surface area contributed by atoms with Crippen molar-refractivity contribution in [2.24, 2.45) is 0 Å². The van der Waals surface area contributed by atoms with Crippen LogP contribution in [0.3, 0.4) is 0 Å². The first-order valence-electron chi connectivity index (χ1n) is 8.51. The van der Waals surface area contributed by atoms with Gasteiger partial charge in [0.2, 0.25) is 5.91 Å². The smallest absolute Gasteiger partial charge is 0.237 e. The number of likely N-dealkylation sites (tertiary alicyclic amines) is 2. The molecule has 2 saturated heterocycles. The number of thiophene rings is 1. The molecule has 2 aliphatic rings. The Bertz CT molecular complexity index is 470. The van der Waals surface area contributed by atoms with E-state index < -0.39 is 0 Å². The Kier molecular flexibility index (Phi) is 5.50. The lowest BCUT2D eigenvalue weighted by atomic mass is 10.0. The van der Waals surface area contributed by atoms with Gasteiger partial charge in [0.05, 0.1) is 12.1 Å². The van der Waals surface area contributed by atoms with E-state index in [9.17, 15) is 4.79 Å². The third kappa shape index (κ3) is 3.70. The Balaban J connectivity index is 1.60. The zero-order chi connectivity index (χ0) is 15.4. The van der Waals surface area contributed by atoms with E-state index >= 15 is 0 Å². The van der Waals surface area contributed by atoms with Gasteiger partial charge in [-0.15, -0.1) is 11.3 Å². The van der Waals surface area contributed by atoms with E-state index in [-0.39, 0.29) is 11.9 Å². The molecule has 4 nitrogen and oxygen atoms in total. The first-order valence-corrected chi connectivity index (χ1v) is 9.39. The average Bonchev–Trinajstić information content (AvgIpc) is 3.21. The molecule has 0 bridgehead atoms. The van der Waals surface area contributed by atoms with Gasteiger partial charge < -0.3 is 5.32 Å². The summed E-state index contributed by atoms with van der Waals surface area (Å²) in [7, 11) is 2.07. The molecule has 3 heterocycles. The van der Waals surface area contributed by atoms with E-state index in [1.54, 1.807) is 11.3 Å². The molecule has 1 N–H and O–H groups in total. The van der Waals surface area contributed by atoms with E-state index in [0.717, 1.165) is 32.6 Å². The predicted molar refractivity (Wildman–Crippen MR) is 91.1 cm³/mol. The summed E-state index contributed by atoms with van der Waals surface area (Å²) in [6.45, 7) is 4.09. The van der Waals surface area contributed by atoms with Gasteiger partial charge in [0.25, 0.3) is 0 Å². The predicted octanol–water partition coefficient (Wildman–Crippen LogP) is 2.49. The standard InChI is InChI=1S/C17H27N3OS/c1-19-9-3-2-7-14(19)17(21)18-13-15(16-8-6-12-22-16)20-10-4-5-11-20/h6,8,12,14-15H,2-5,7,9-11,13H2,1H3,(H,18,21)/t14-,15-/m1/s1. The topological polar surface area (TPSA) is 35.6 Å². The summed E-state index contributed by atoms with van der Waals surface area (Å²) in [5.74, 6) is 0.211. The number of amides is 1. The van der Waals surface area contributed by atoms with Gasteiger partial charge in [-0.3, -0.25) is 14.6 Å². The fraction of sp³-hybridized carbons (Fsp3) is 0.706. The summed E-state index contributed by atoms with van der Waals surface area (Å²) < 4.78 is 0. The minimum absolute atomic E-state index is 0.0660. The van der Waals surface area contributed by atoms with Crippen molar-refractivity contribution in [2.75, 3.05) is 33.2 Å². The maximum absolute atomic E-state index is 12.5. The molecule has 1 aromatic heterocycles. The van der Waals surface area contributed by atoms with Crippen LogP contribution >= 0.6 is 11.3 Å². The van der Waals surface area contributed by atoms with Crippen molar-refractivity contribution < 1.29 is 4.79 Å². The second-order valence-corrected chi connectivity index (χ2v) is 7.49. The van der Waals surface area contributed by atoms with Crippen molar-refractivity contribution >= 4 is 17.2 Å². The van der Waals surface area contributed by atoms with Crippen molar-refractivity contribution in [3.05, 3.63) is 22.4 Å². The first-order chi connectivity index (χ1) is 10.8. The van der Waals surface area contributed by atoms with Crippen LogP contribution in [0.4, 0.5) is 0 Å². The van der Waals surface area contributed by atoms with Crippen molar-refractivity contribution in [3.8, 4) is 0 Å². The maximum Gasteiger partial charge on any atom is 0.237 e. The maximum atomic E-state index is 12.5. The number of hydrogen-bond donors (Lipinski definition) is 1. The third-order valence-electron chi connectivity index (χ3n) is 5.00. The van der Waals surface area contributed by atoms with Crippen LogP contribution in [0.15, 0.2) is 17.5 Å². The molecule has 0 unspecified atom stereocenters. The van der Waals surface area contributed by atoms with E-state index in [2.05, 4.69) is 39.7 Å². The van der Waals surface area contributed by atoms with Gasteiger partial charge in [-0.05, 0) is 63.8 Å². The van der Waals surface area contributed by atoms with Crippen molar-refractivity contribution in [1.82, 2.24) is 15.1 Å². The summed E-state index contributed by atoms with van der Waals surface area (Å²) in [6, 6.07) is 4.73. The van der Waals surface area contributed by atoms with Gasteiger partial charge in [0.1, 0.15) is 0 Å². The Morgan fingerprint density at radius 2 is 2.09 bits per heavy atom. The van der Waals surface area contributed by atoms with E-state index in [0.29, 0.717) is 6.04 Å². The number of carbonyl (C=O) groups is 1. The highest BCUT2D eigenvalue weighted by atomic mass is 32.1. The molecule has 2 aliphatic heterocycles. The minimum atomic E-state index is 0.0660. The van der Waals surface area contributed by atoms with Gasteiger partial charge >= 0.3 is 0 Å². The third-order valence-corrected chi connectivity index (χ3v) is 5.97. The zero-order valence-corrected chi connectivity index (χ0v) is 14.3. The lowest BCUT2D eigenvalue weighted by Gasteiger charge is -2.32. The lowest BCUT2D eigenvalue weighted by Crippen LogP contribution is -2.49. The zero-order valence-electron chi connectivity index (χ0n) is 13.5. The van der Waals surface area contributed by atoms with Gasteiger partial charge in [-0.2, -0.15) is 0 Å². The molecule has 0 aromatic carbocycles. The molecular weight excluding hydrogens is 294 g/mol. The Morgan fingerprint density at radius 1 is 1.32 bits per heavy atom. The largest absolute Gasteiger partial charge is 0.353 e.